The van der Waals surface area contributed by atoms with Crippen molar-refractivity contribution in [3.8, 4) is 0 Å². The minimum Gasteiger partial charge on any atom is -0.372 e. The fraction of sp³-hybridized carbons (Fsp3) is 0.611. The SMILES string of the molecule is CCN(CC)c1ccc(NC(=O)CC2CCCCC2)cc1. The van der Waals surface area contributed by atoms with Crippen LogP contribution in [0.5, 0.6) is 0 Å². The lowest BCUT2D eigenvalue weighted by Gasteiger charge is -2.22. The molecule has 3 nitrogen and oxygen atoms in total. The maximum absolute atomic E-state index is 12.1. The van der Waals surface area contributed by atoms with E-state index in [1.807, 2.05) is 12.1 Å². The molecule has 1 amide bonds. The van der Waals surface area contributed by atoms with Crippen LogP contribution >= 0.6 is 0 Å². The number of hydrogen-bond donors (Lipinski definition) is 1. The van der Waals surface area contributed by atoms with E-state index < -0.39 is 0 Å². The van der Waals surface area contributed by atoms with Gasteiger partial charge in [-0.3, -0.25) is 4.79 Å². The second-order valence-corrected chi connectivity index (χ2v) is 5.98. The number of nitrogens with one attached hydrogen (secondary N) is 1. The van der Waals surface area contributed by atoms with Gasteiger partial charge in [0.25, 0.3) is 0 Å². The molecule has 1 aromatic carbocycles. The summed E-state index contributed by atoms with van der Waals surface area (Å²) in [7, 11) is 0. The molecule has 0 radical (unpaired) electrons. The molecule has 21 heavy (non-hydrogen) atoms. The highest BCUT2D eigenvalue weighted by molar-refractivity contribution is 5.91. The predicted octanol–water partition coefficient (Wildman–Crippen LogP) is 4.44. The highest BCUT2D eigenvalue weighted by atomic mass is 16.1. The van der Waals surface area contributed by atoms with E-state index in [1.54, 1.807) is 0 Å². The van der Waals surface area contributed by atoms with Gasteiger partial charge in [0.1, 0.15) is 0 Å². The molecule has 1 aliphatic rings. The van der Waals surface area contributed by atoms with E-state index in [-0.39, 0.29) is 5.91 Å². The van der Waals surface area contributed by atoms with Gasteiger partial charge in [0.05, 0.1) is 0 Å². The van der Waals surface area contributed by atoms with Crippen LogP contribution in [-0.4, -0.2) is 19.0 Å². The number of benzene rings is 1. The first-order valence-corrected chi connectivity index (χ1v) is 8.37. The quantitative estimate of drug-likeness (QED) is 0.839. The van der Waals surface area contributed by atoms with Crippen LogP contribution in [0.4, 0.5) is 11.4 Å². The Morgan fingerprint density at radius 1 is 1.10 bits per heavy atom. The van der Waals surface area contributed by atoms with Crippen LogP contribution < -0.4 is 10.2 Å². The summed E-state index contributed by atoms with van der Waals surface area (Å²) in [5, 5.41) is 3.03. The molecule has 0 bridgehead atoms. The van der Waals surface area contributed by atoms with Gasteiger partial charge in [0.2, 0.25) is 5.91 Å². The average molecular weight is 288 g/mol. The molecule has 0 atom stereocenters. The van der Waals surface area contributed by atoms with E-state index in [4.69, 9.17) is 0 Å². The van der Waals surface area contributed by atoms with Gasteiger partial charge < -0.3 is 10.2 Å². The third-order valence-electron chi connectivity index (χ3n) is 4.48. The summed E-state index contributed by atoms with van der Waals surface area (Å²) < 4.78 is 0. The molecule has 0 unspecified atom stereocenters. The van der Waals surface area contributed by atoms with Crippen molar-refractivity contribution in [1.29, 1.82) is 0 Å². The number of nitrogens with zero attached hydrogens (tertiary/aromatic N) is 1. The third-order valence-corrected chi connectivity index (χ3v) is 4.48. The van der Waals surface area contributed by atoms with E-state index >= 15 is 0 Å². The first kappa shape index (κ1) is 15.9. The van der Waals surface area contributed by atoms with E-state index in [9.17, 15) is 4.79 Å². The van der Waals surface area contributed by atoms with Gasteiger partial charge in [-0.15, -0.1) is 0 Å². The van der Waals surface area contributed by atoms with Crippen molar-refractivity contribution in [2.24, 2.45) is 5.92 Å². The van der Waals surface area contributed by atoms with Crippen LogP contribution in [0.1, 0.15) is 52.4 Å². The second-order valence-electron chi connectivity index (χ2n) is 5.98. The smallest absolute Gasteiger partial charge is 0.224 e. The molecule has 2 rings (SSSR count). The largest absolute Gasteiger partial charge is 0.372 e. The highest BCUT2D eigenvalue weighted by Crippen LogP contribution is 2.26. The van der Waals surface area contributed by atoms with Gasteiger partial charge >= 0.3 is 0 Å². The molecule has 0 spiro atoms. The Hall–Kier alpha value is -1.51. The lowest BCUT2D eigenvalue weighted by atomic mass is 9.87. The van der Waals surface area contributed by atoms with Gasteiger partial charge in [-0.1, -0.05) is 19.3 Å². The Labute approximate surface area is 128 Å². The van der Waals surface area contributed by atoms with Crippen LogP contribution in [0.2, 0.25) is 0 Å². The molecule has 1 aromatic rings. The van der Waals surface area contributed by atoms with E-state index in [1.165, 1.54) is 37.8 Å². The molecule has 0 heterocycles. The van der Waals surface area contributed by atoms with E-state index in [0.29, 0.717) is 12.3 Å². The zero-order chi connectivity index (χ0) is 15.1. The maximum Gasteiger partial charge on any atom is 0.224 e. The number of carbonyl (C=O) groups excluding carboxylic acids is 1. The molecule has 1 saturated carbocycles. The van der Waals surface area contributed by atoms with Crippen molar-refractivity contribution in [2.45, 2.75) is 52.4 Å². The molecule has 0 aromatic heterocycles. The van der Waals surface area contributed by atoms with Crippen LogP contribution in [-0.2, 0) is 4.79 Å². The third kappa shape index (κ3) is 4.76. The van der Waals surface area contributed by atoms with Crippen molar-refractivity contribution >= 4 is 17.3 Å². The van der Waals surface area contributed by atoms with Crippen molar-refractivity contribution in [1.82, 2.24) is 0 Å². The molecule has 1 aliphatic carbocycles. The zero-order valence-electron chi connectivity index (χ0n) is 13.4. The summed E-state index contributed by atoms with van der Waals surface area (Å²) in [5.41, 5.74) is 2.12. The first-order chi connectivity index (χ1) is 10.2. The molecular weight excluding hydrogens is 260 g/mol. The Balaban J connectivity index is 1.86. The average Bonchev–Trinajstić information content (AvgIpc) is 2.51. The summed E-state index contributed by atoms with van der Waals surface area (Å²) in [5.74, 6) is 0.756. The summed E-state index contributed by atoms with van der Waals surface area (Å²) in [6.07, 6.45) is 7.03. The van der Waals surface area contributed by atoms with Gasteiger partial charge in [-0.2, -0.15) is 0 Å². The normalized spacial score (nSPS) is 15.7. The molecule has 1 N–H and O–H groups in total. The molecule has 0 saturated heterocycles. The summed E-state index contributed by atoms with van der Waals surface area (Å²) in [6.45, 7) is 6.32. The van der Waals surface area contributed by atoms with Crippen molar-refractivity contribution in [2.75, 3.05) is 23.3 Å². The van der Waals surface area contributed by atoms with Gasteiger partial charge in [0, 0.05) is 30.9 Å². The number of hydrogen-bond acceptors (Lipinski definition) is 2. The van der Waals surface area contributed by atoms with Crippen molar-refractivity contribution in [3.05, 3.63) is 24.3 Å². The van der Waals surface area contributed by atoms with Gasteiger partial charge in [0.15, 0.2) is 0 Å². The van der Waals surface area contributed by atoms with E-state index in [2.05, 4.69) is 36.2 Å². The fourth-order valence-corrected chi connectivity index (χ4v) is 3.21. The molecule has 3 heteroatoms. The topological polar surface area (TPSA) is 32.3 Å². The standard InChI is InChI=1S/C18H28N2O/c1-3-20(4-2)17-12-10-16(11-13-17)19-18(21)14-15-8-6-5-7-9-15/h10-13,15H,3-9,14H2,1-2H3,(H,19,21). The minimum absolute atomic E-state index is 0.164. The molecular formula is C18H28N2O. The predicted molar refractivity (Wildman–Crippen MR) is 89.8 cm³/mol. The Morgan fingerprint density at radius 2 is 1.71 bits per heavy atom. The van der Waals surface area contributed by atoms with Gasteiger partial charge in [-0.05, 0) is 56.9 Å². The maximum atomic E-state index is 12.1. The van der Waals surface area contributed by atoms with Crippen molar-refractivity contribution < 1.29 is 4.79 Å². The Morgan fingerprint density at radius 3 is 2.29 bits per heavy atom. The number of amides is 1. The van der Waals surface area contributed by atoms with E-state index in [0.717, 1.165) is 18.8 Å². The summed E-state index contributed by atoms with van der Waals surface area (Å²) >= 11 is 0. The minimum atomic E-state index is 0.164. The Kier molecular flexibility index (Phi) is 6.09. The van der Waals surface area contributed by atoms with Crippen molar-refractivity contribution in [3.63, 3.8) is 0 Å². The number of rotatable bonds is 6. The monoisotopic (exact) mass is 288 g/mol. The number of carbonyl (C=O) groups is 1. The Bertz CT molecular complexity index is 431. The first-order valence-electron chi connectivity index (χ1n) is 8.37. The summed E-state index contributed by atoms with van der Waals surface area (Å²) in [6, 6.07) is 8.19. The molecule has 116 valence electrons. The van der Waals surface area contributed by atoms with Crippen LogP contribution in [0, 0.1) is 5.92 Å². The zero-order valence-corrected chi connectivity index (χ0v) is 13.4. The lowest BCUT2D eigenvalue weighted by Crippen LogP contribution is -2.21. The fourth-order valence-electron chi connectivity index (χ4n) is 3.21. The van der Waals surface area contributed by atoms with Crippen LogP contribution in [0.3, 0.4) is 0 Å². The van der Waals surface area contributed by atoms with Crippen LogP contribution in [0.15, 0.2) is 24.3 Å². The highest BCUT2D eigenvalue weighted by Gasteiger charge is 2.17. The second kappa shape index (κ2) is 8.06. The van der Waals surface area contributed by atoms with Crippen LogP contribution in [0.25, 0.3) is 0 Å². The summed E-state index contributed by atoms with van der Waals surface area (Å²) in [4.78, 5) is 14.4. The molecule has 1 fully saturated rings. The van der Waals surface area contributed by atoms with Gasteiger partial charge in [-0.25, -0.2) is 0 Å². The molecule has 0 aliphatic heterocycles. The lowest BCUT2D eigenvalue weighted by molar-refractivity contribution is -0.117. The number of anilines is 2.